The normalized spacial score (nSPS) is 20.3. The molecule has 7 heteroatoms. The SMILES string of the molecule is CN(C)/C=C1/C(=O)CN(C(=O)OC(C)(C)C)[C@@H]1C(=O)OC(C)(C)C. The number of carbonyl (C=O) groups excluding carboxylic acids is 3. The summed E-state index contributed by atoms with van der Waals surface area (Å²) in [6, 6.07) is -1.10. The summed E-state index contributed by atoms with van der Waals surface area (Å²) in [7, 11) is 3.48. The molecule has 1 rings (SSSR count). The van der Waals surface area contributed by atoms with Crippen molar-refractivity contribution in [1.29, 1.82) is 0 Å². The molecule has 1 amide bonds. The fraction of sp³-hybridized carbons (Fsp3) is 0.706. The quantitative estimate of drug-likeness (QED) is 0.565. The van der Waals surface area contributed by atoms with Gasteiger partial charge in [-0.2, -0.15) is 0 Å². The summed E-state index contributed by atoms with van der Waals surface area (Å²) in [5.74, 6) is -0.947. The van der Waals surface area contributed by atoms with Crippen molar-refractivity contribution in [2.24, 2.45) is 0 Å². The summed E-state index contributed by atoms with van der Waals surface area (Å²) in [4.78, 5) is 40.1. The van der Waals surface area contributed by atoms with Crippen LogP contribution in [-0.2, 0) is 19.1 Å². The summed E-state index contributed by atoms with van der Waals surface area (Å²) < 4.78 is 10.7. The maximum atomic E-state index is 12.6. The Morgan fingerprint density at radius 3 is 2.00 bits per heavy atom. The number of rotatable bonds is 2. The Morgan fingerprint density at radius 1 is 1.08 bits per heavy atom. The number of hydrogen-bond acceptors (Lipinski definition) is 6. The minimum absolute atomic E-state index is 0.210. The average molecular weight is 340 g/mol. The van der Waals surface area contributed by atoms with Gasteiger partial charge < -0.3 is 14.4 Å². The van der Waals surface area contributed by atoms with Gasteiger partial charge in [0.25, 0.3) is 0 Å². The fourth-order valence-corrected chi connectivity index (χ4v) is 2.18. The maximum absolute atomic E-state index is 12.6. The van der Waals surface area contributed by atoms with E-state index >= 15 is 0 Å². The number of carbonyl (C=O) groups is 3. The predicted octanol–water partition coefficient (Wildman–Crippen LogP) is 1.96. The first kappa shape index (κ1) is 20.0. The zero-order valence-electron chi connectivity index (χ0n) is 15.8. The van der Waals surface area contributed by atoms with Crippen LogP contribution >= 0.6 is 0 Å². The number of ether oxygens (including phenoxy) is 2. The molecule has 0 radical (unpaired) electrons. The summed E-state index contributed by atoms with van der Waals surface area (Å²) in [6.07, 6.45) is 0.829. The van der Waals surface area contributed by atoms with Crippen LogP contribution in [0.2, 0.25) is 0 Å². The summed E-state index contributed by atoms with van der Waals surface area (Å²) in [5.41, 5.74) is -1.24. The molecular weight excluding hydrogens is 312 g/mol. The molecule has 0 saturated carbocycles. The van der Waals surface area contributed by atoms with Gasteiger partial charge in [-0.3, -0.25) is 9.69 Å². The lowest BCUT2D eigenvalue weighted by Gasteiger charge is -2.29. The Labute approximate surface area is 143 Å². The van der Waals surface area contributed by atoms with Crippen molar-refractivity contribution in [3.8, 4) is 0 Å². The van der Waals surface area contributed by atoms with E-state index in [-0.39, 0.29) is 17.9 Å². The van der Waals surface area contributed by atoms with Crippen LogP contribution in [-0.4, -0.2) is 65.5 Å². The first-order chi connectivity index (χ1) is 10.7. The number of nitrogens with zero attached hydrogens (tertiary/aromatic N) is 2. The van der Waals surface area contributed by atoms with Gasteiger partial charge in [0, 0.05) is 25.9 Å². The van der Waals surface area contributed by atoms with Crippen LogP contribution in [0, 0.1) is 0 Å². The molecule has 1 heterocycles. The van der Waals surface area contributed by atoms with Crippen LogP contribution in [0.1, 0.15) is 41.5 Å². The average Bonchev–Trinajstić information content (AvgIpc) is 2.62. The second-order valence-corrected chi connectivity index (χ2v) is 8.02. The van der Waals surface area contributed by atoms with Gasteiger partial charge in [0.05, 0.1) is 6.54 Å². The number of ketones is 1. The van der Waals surface area contributed by atoms with Crippen molar-refractivity contribution in [3.05, 3.63) is 11.8 Å². The highest BCUT2D eigenvalue weighted by Gasteiger charge is 2.46. The first-order valence-electron chi connectivity index (χ1n) is 7.85. The molecular formula is C17H28N2O5. The van der Waals surface area contributed by atoms with E-state index in [9.17, 15) is 14.4 Å². The molecule has 1 saturated heterocycles. The molecule has 0 aliphatic carbocycles. The number of hydrogen-bond donors (Lipinski definition) is 0. The van der Waals surface area contributed by atoms with E-state index < -0.39 is 29.3 Å². The largest absolute Gasteiger partial charge is 0.458 e. The van der Waals surface area contributed by atoms with E-state index in [0.717, 1.165) is 4.90 Å². The molecule has 0 N–H and O–H groups in total. The van der Waals surface area contributed by atoms with Crippen molar-refractivity contribution in [1.82, 2.24) is 9.80 Å². The predicted molar refractivity (Wildman–Crippen MR) is 89.4 cm³/mol. The monoisotopic (exact) mass is 340 g/mol. The molecule has 24 heavy (non-hydrogen) atoms. The Bertz CT molecular complexity index is 552. The molecule has 7 nitrogen and oxygen atoms in total. The zero-order chi connectivity index (χ0) is 18.9. The Balaban J connectivity index is 3.20. The zero-order valence-corrected chi connectivity index (χ0v) is 15.8. The van der Waals surface area contributed by atoms with E-state index in [4.69, 9.17) is 9.47 Å². The minimum Gasteiger partial charge on any atom is -0.458 e. The van der Waals surface area contributed by atoms with Crippen molar-refractivity contribution in [2.45, 2.75) is 58.8 Å². The van der Waals surface area contributed by atoms with Crippen molar-refractivity contribution < 1.29 is 23.9 Å². The van der Waals surface area contributed by atoms with Crippen LogP contribution in [0.15, 0.2) is 11.8 Å². The molecule has 1 aliphatic rings. The lowest BCUT2D eigenvalue weighted by Crippen LogP contribution is -2.46. The van der Waals surface area contributed by atoms with Crippen LogP contribution < -0.4 is 0 Å². The van der Waals surface area contributed by atoms with Crippen molar-refractivity contribution in [3.63, 3.8) is 0 Å². The van der Waals surface area contributed by atoms with Gasteiger partial charge in [-0.25, -0.2) is 9.59 Å². The standard InChI is InChI=1S/C17H28N2O5/c1-16(2,3)23-14(21)13-11(9-18(7)8)12(20)10-19(13)15(22)24-17(4,5)6/h9,13H,10H2,1-8H3/b11-9-/t13-/m0/s1. The molecule has 136 valence electrons. The van der Waals surface area contributed by atoms with Gasteiger partial charge in [-0.15, -0.1) is 0 Å². The molecule has 0 aromatic heterocycles. The summed E-state index contributed by atoms with van der Waals surface area (Å²) in [5, 5.41) is 0. The molecule has 1 aliphatic heterocycles. The fourth-order valence-electron chi connectivity index (χ4n) is 2.18. The van der Waals surface area contributed by atoms with E-state index in [2.05, 4.69) is 0 Å². The second-order valence-electron chi connectivity index (χ2n) is 8.02. The first-order valence-corrected chi connectivity index (χ1v) is 7.85. The van der Waals surface area contributed by atoms with Crippen molar-refractivity contribution in [2.75, 3.05) is 20.6 Å². The molecule has 1 atom stereocenters. The molecule has 0 aromatic carbocycles. The Hall–Kier alpha value is -2.05. The van der Waals surface area contributed by atoms with E-state index in [1.54, 1.807) is 66.7 Å². The minimum atomic E-state index is -1.10. The van der Waals surface area contributed by atoms with Gasteiger partial charge in [0.1, 0.15) is 11.2 Å². The lowest BCUT2D eigenvalue weighted by molar-refractivity contribution is -0.158. The smallest absolute Gasteiger partial charge is 0.411 e. The van der Waals surface area contributed by atoms with Gasteiger partial charge >= 0.3 is 12.1 Å². The molecule has 1 fully saturated rings. The number of likely N-dealkylation sites (tertiary alicyclic amines) is 1. The third-order valence-electron chi connectivity index (χ3n) is 2.90. The maximum Gasteiger partial charge on any atom is 0.411 e. The second kappa shape index (κ2) is 6.83. The van der Waals surface area contributed by atoms with Gasteiger partial charge in [0.15, 0.2) is 11.8 Å². The molecule has 0 bridgehead atoms. The number of esters is 1. The highest BCUT2D eigenvalue weighted by atomic mass is 16.6. The molecule has 0 unspecified atom stereocenters. The van der Waals surface area contributed by atoms with Gasteiger partial charge in [-0.05, 0) is 41.5 Å². The van der Waals surface area contributed by atoms with E-state index in [1.807, 2.05) is 0 Å². The lowest BCUT2D eigenvalue weighted by atomic mass is 10.1. The van der Waals surface area contributed by atoms with Crippen molar-refractivity contribution >= 4 is 17.8 Å². The highest BCUT2D eigenvalue weighted by Crippen LogP contribution is 2.26. The van der Waals surface area contributed by atoms with E-state index in [1.165, 1.54) is 0 Å². The van der Waals surface area contributed by atoms with E-state index in [0.29, 0.717) is 0 Å². The number of Topliss-reactive ketones (excluding diaryl/α,β-unsaturated/α-hetero) is 1. The molecule has 0 spiro atoms. The highest BCUT2D eigenvalue weighted by molar-refractivity contribution is 6.09. The summed E-state index contributed by atoms with van der Waals surface area (Å²) in [6.45, 7) is 10.2. The third-order valence-corrected chi connectivity index (χ3v) is 2.90. The van der Waals surface area contributed by atoms with Crippen LogP contribution in [0.25, 0.3) is 0 Å². The van der Waals surface area contributed by atoms with Gasteiger partial charge in [-0.1, -0.05) is 0 Å². The topological polar surface area (TPSA) is 76.2 Å². The van der Waals surface area contributed by atoms with Gasteiger partial charge in [0.2, 0.25) is 0 Å². The molecule has 0 aromatic rings. The van der Waals surface area contributed by atoms with Crippen LogP contribution in [0.4, 0.5) is 4.79 Å². The third kappa shape index (κ3) is 5.54. The number of amides is 1. The Morgan fingerprint density at radius 2 is 1.58 bits per heavy atom. The summed E-state index contributed by atoms with van der Waals surface area (Å²) >= 11 is 0. The van der Waals surface area contributed by atoms with Crippen LogP contribution in [0.3, 0.4) is 0 Å². The van der Waals surface area contributed by atoms with Crippen LogP contribution in [0.5, 0.6) is 0 Å². The Kier molecular flexibility index (Phi) is 5.69.